The number of carboxylic acids is 1. The minimum absolute atomic E-state index is 0.144. The van der Waals surface area contributed by atoms with Crippen molar-refractivity contribution >= 4 is 28.2 Å². The zero-order valence-corrected chi connectivity index (χ0v) is 12.1. The van der Waals surface area contributed by atoms with Gasteiger partial charge in [-0.2, -0.15) is 0 Å². The Balaban J connectivity index is 2.10. The number of hydrogen-bond acceptors (Lipinski definition) is 3. The van der Waals surface area contributed by atoms with E-state index in [0.717, 1.165) is 16.0 Å². The zero-order chi connectivity index (χ0) is 14.7. The van der Waals surface area contributed by atoms with Crippen LogP contribution < -0.4 is 5.32 Å². The van der Waals surface area contributed by atoms with Crippen molar-refractivity contribution < 1.29 is 14.7 Å². The average molecular weight is 289 g/mol. The number of hydrogen-bond donors (Lipinski definition) is 2. The van der Waals surface area contributed by atoms with Crippen molar-refractivity contribution in [3.8, 4) is 0 Å². The number of carbonyl (C=O) groups is 2. The maximum absolute atomic E-state index is 12.0. The third-order valence-corrected chi connectivity index (χ3v) is 3.75. The lowest BCUT2D eigenvalue weighted by atomic mass is 10.1. The van der Waals surface area contributed by atoms with Gasteiger partial charge in [-0.1, -0.05) is 29.8 Å². The molecule has 5 heteroatoms. The highest BCUT2D eigenvalue weighted by atomic mass is 32.1. The summed E-state index contributed by atoms with van der Waals surface area (Å²) in [5.41, 5.74) is 2.14. The molecule has 0 aliphatic heterocycles. The van der Waals surface area contributed by atoms with E-state index in [0.29, 0.717) is 5.00 Å². The Kier molecular flexibility index (Phi) is 4.20. The number of amides is 1. The predicted molar refractivity (Wildman–Crippen MR) is 79.5 cm³/mol. The third-order valence-electron chi connectivity index (χ3n) is 2.79. The molecule has 0 aliphatic carbocycles. The second-order valence-electron chi connectivity index (χ2n) is 4.62. The number of anilines is 1. The van der Waals surface area contributed by atoms with E-state index >= 15 is 0 Å². The second-order valence-corrected chi connectivity index (χ2v) is 5.88. The van der Waals surface area contributed by atoms with E-state index < -0.39 is 5.97 Å². The van der Waals surface area contributed by atoms with Crippen LogP contribution in [-0.2, 0) is 11.2 Å². The minimum atomic E-state index is -1.03. The molecule has 0 saturated heterocycles. The molecule has 104 valence electrons. The van der Waals surface area contributed by atoms with Gasteiger partial charge in [0.2, 0.25) is 5.91 Å². The first kappa shape index (κ1) is 14.3. The van der Waals surface area contributed by atoms with Gasteiger partial charge < -0.3 is 10.4 Å². The fraction of sp³-hybridized carbons (Fsp3) is 0.200. The summed E-state index contributed by atoms with van der Waals surface area (Å²) in [6.07, 6.45) is 0.234. The van der Waals surface area contributed by atoms with Crippen LogP contribution in [0.2, 0.25) is 0 Å². The molecule has 1 aromatic carbocycles. The van der Waals surface area contributed by atoms with Crippen molar-refractivity contribution in [3.05, 3.63) is 51.9 Å². The summed E-state index contributed by atoms with van der Waals surface area (Å²) in [5.74, 6) is -1.24. The number of carboxylic acid groups (broad SMARTS) is 1. The molecule has 0 aliphatic rings. The predicted octanol–water partition coefficient (Wildman–Crippen LogP) is 3.24. The lowest BCUT2D eigenvalue weighted by Crippen LogP contribution is -2.15. The maximum Gasteiger partial charge on any atom is 0.338 e. The van der Waals surface area contributed by atoms with Gasteiger partial charge in [0.05, 0.1) is 12.0 Å². The van der Waals surface area contributed by atoms with E-state index in [-0.39, 0.29) is 17.9 Å². The second kappa shape index (κ2) is 5.88. The first-order chi connectivity index (χ1) is 9.45. The van der Waals surface area contributed by atoms with Crippen LogP contribution in [0.25, 0.3) is 0 Å². The van der Waals surface area contributed by atoms with Crippen molar-refractivity contribution in [3.63, 3.8) is 0 Å². The smallest absolute Gasteiger partial charge is 0.338 e. The van der Waals surface area contributed by atoms with Gasteiger partial charge in [-0.05, 0) is 25.5 Å². The van der Waals surface area contributed by atoms with E-state index in [2.05, 4.69) is 5.32 Å². The molecule has 0 atom stereocenters. The van der Waals surface area contributed by atoms with Crippen molar-refractivity contribution in [2.45, 2.75) is 20.3 Å². The number of thiophene rings is 1. The highest BCUT2D eigenvalue weighted by molar-refractivity contribution is 7.16. The Morgan fingerprint density at radius 3 is 2.65 bits per heavy atom. The molecule has 2 rings (SSSR count). The van der Waals surface area contributed by atoms with Crippen LogP contribution in [0.1, 0.15) is 26.4 Å². The zero-order valence-electron chi connectivity index (χ0n) is 11.3. The van der Waals surface area contributed by atoms with Crippen LogP contribution in [0.15, 0.2) is 30.3 Å². The van der Waals surface area contributed by atoms with Crippen LogP contribution in [0.5, 0.6) is 0 Å². The topological polar surface area (TPSA) is 66.4 Å². The van der Waals surface area contributed by atoms with Crippen molar-refractivity contribution in [1.82, 2.24) is 0 Å². The highest BCUT2D eigenvalue weighted by Gasteiger charge is 2.16. The van der Waals surface area contributed by atoms with E-state index in [1.54, 1.807) is 6.07 Å². The Labute approximate surface area is 121 Å². The molecule has 0 bridgehead atoms. The lowest BCUT2D eigenvalue weighted by molar-refractivity contribution is -0.115. The number of rotatable bonds is 4. The molecule has 0 spiro atoms. The van der Waals surface area contributed by atoms with Crippen LogP contribution in [0.4, 0.5) is 5.00 Å². The molecule has 0 radical (unpaired) electrons. The molecule has 1 amide bonds. The standard InChI is InChI=1S/C15H15NO3S/c1-9-4-3-5-11(6-9)8-13(17)16-14-12(15(18)19)7-10(2)20-14/h3-7H,8H2,1-2H3,(H,16,17)(H,18,19). The summed E-state index contributed by atoms with van der Waals surface area (Å²) in [5, 5.41) is 12.1. The Morgan fingerprint density at radius 1 is 1.25 bits per heavy atom. The van der Waals surface area contributed by atoms with Crippen molar-refractivity contribution in [2.24, 2.45) is 0 Å². The van der Waals surface area contributed by atoms with Gasteiger partial charge in [-0.25, -0.2) is 4.79 Å². The first-order valence-electron chi connectivity index (χ1n) is 6.15. The fourth-order valence-corrected chi connectivity index (χ4v) is 2.86. The Bertz CT molecular complexity index is 661. The highest BCUT2D eigenvalue weighted by Crippen LogP contribution is 2.27. The summed E-state index contributed by atoms with van der Waals surface area (Å²) < 4.78 is 0. The van der Waals surface area contributed by atoms with Crippen LogP contribution in [0, 0.1) is 13.8 Å². The Hall–Kier alpha value is -2.14. The average Bonchev–Trinajstić information content (AvgIpc) is 2.70. The fourth-order valence-electron chi connectivity index (χ4n) is 1.94. The van der Waals surface area contributed by atoms with Crippen molar-refractivity contribution in [1.29, 1.82) is 0 Å². The largest absolute Gasteiger partial charge is 0.478 e. The van der Waals surface area contributed by atoms with Gasteiger partial charge in [0.15, 0.2) is 0 Å². The van der Waals surface area contributed by atoms with Crippen LogP contribution >= 0.6 is 11.3 Å². The Morgan fingerprint density at radius 2 is 2.00 bits per heavy atom. The lowest BCUT2D eigenvalue weighted by Gasteiger charge is -2.05. The van der Waals surface area contributed by atoms with E-state index in [1.807, 2.05) is 38.1 Å². The summed E-state index contributed by atoms with van der Waals surface area (Å²) in [6.45, 7) is 3.78. The molecule has 0 unspecified atom stereocenters. The molecule has 0 fully saturated rings. The van der Waals surface area contributed by atoms with E-state index in [9.17, 15) is 9.59 Å². The maximum atomic E-state index is 12.0. The quantitative estimate of drug-likeness (QED) is 0.908. The third kappa shape index (κ3) is 3.45. The van der Waals surface area contributed by atoms with E-state index in [4.69, 9.17) is 5.11 Å². The summed E-state index contributed by atoms with van der Waals surface area (Å²) in [6, 6.07) is 9.25. The molecule has 1 aromatic heterocycles. The van der Waals surface area contributed by atoms with Gasteiger partial charge >= 0.3 is 5.97 Å². The van der Waals surface area contributed by atoms with Gasteiger partial charge in [0.25, 0.3) is 0 Å². The number of aromatic carboxylic acids is 1. The SMILES string of the molecule is Cc1cccc(CC(=O)Nc2sc(C)cc2C(=O)O)c1. The summed E-state index contributed by atoms with van der Waals surface area (Å²) >= 11 is 1.27. The van der Waals surface area contributed by atoms with Gasteiger partial charge in [-0.15, -0.1) is 11.3 Å². The molecular formula is C15H15NO3S. The monoisotopic (exact) mass is 289 g/mol. The number of carbonyl (C=O) groups excluding carboxylic acids is 1. The molecule has 2 aromatic rings. The number of benzene rings is 1. The molecule has 2 N–H and O–H groups in total. The summed E-state index contributed by atoms with van der Waals surface area (Å²) in [4.78, 5) is 23.9. The molecule has 4 nitrogen and oxygen atoms in total. The van der Waals surface area contributed by atoms with Gasteiger partial charge in [0.1, 0.15) is 5.00 Å². The first-order valence-corrected chi connectivity index (χ1v) is 6.96. The molecule has 1 heterocycles. The molecule has 20 heavy (non-hydrogen) atoms. The molecule has 0 saturated carbocycles. The van der Waals surface area contributed by atoms with Crippen LogP contribution in [-0.4, -0.2) is 17.0 Å². The molecular weight excluding hydrogens is 274 g/mol. The van der Waals surface area contributed by atoms with Gasteiger partial charge in [-0.3, -0.25) is 4.79 Å². The van der Waals surface area contributed by atoms with Crippen LogP contribution in [0.3, 0.4) is 0 Å². The van der Waals surface area contributed by atoms with E-state index in [1.165, 1.54) is 11.3 Å². The van der Waals surface area contributed by atoms with Crippen molar-refractivity contribution in [2.75, 3.05) is 5.32 Å². The summed E-state index contributed by atoms with van der Waals surface area (Å²) in [7, 11) is 0. The normalized spacial score (nSPS) is 10.3. The number of aryl methyl sites for hydroxylation is 2. The van der Waals surface area contributed by atoms with Gasteiger partial charge in [0, 0.05) is 4.88 Å². The minimum Gasteiger partial charge on any atom is -0.478 e. The number of nitrogens with one attached hydrogen (secondary N) is 1.